The van der Waals surface area contributed by atoms with E-state index in [4.69, 9.17) is 4.98 Å². The average molecular weight is 485 g/mol. The van der Waals surface area contributed by atoms with Gasteiger partial charge in [-0.2, -0.15) is 0 Å². The summed E-state index contributed by atoms with van der Waals surface area (Å²) in [7, 11) is 1.81. The maximum absolute atomic E-state index is 4.77. The van der Waals surface area contributed by atoms with Crippen LogP contribution in [-0.2, 0) is 6.42 Å². The van der Waals surface area contributed by atoms with Crippen molar-refractivity contribution in [1.82, 2.24) is 15.6 Å². The molecule has 1 fully saturated rings. The number of nitrogens with zero attached hydrogens (tertiary/aromatic N) is 3. The minimum atomic E-state index is 0. The van der Waals surface area contributed by atoms with Crippen molar-refractivity contribution in [2.45, 2.75) is 32.2 Å². The molecule has 1 aliphatic rings. The van der Waals surface area contributed by atoms with Gasteiger partial charge in [0.1, 0.15) is 0 Å². The molecule has 1 aliphatic heterocycles. The standard InChI is InChI=1S/C19H27N5S.HI/c1-15(16-8-4-3-5-9-16)22-18(20-2)21-11-10-17-14-25-19(23-17)24-12-6-7-13-24;/h3-5,8-9,14-15H,6-7,10-13H2,1-2H3,(H2,20,21,22);1H. The zero-order valence-electron chi connectivity index (χ0n) is 15.4. The molecule has 7 heteroatoms. The normalized spacial score (nSPS) is 15.5. The summed E-state index contributed by atoms with van der Waals surface area (Å²) in [6.45, 7) is 5.27. The van der Waals surface area contributed by atoms with E-state index in [2.05, 4.69) is 57.1 Å². The Morgan fingerprint density at radius 2 is 2.00 bits per heavy atom. The highest BCUT2D eigenvalue weighted by molar-refractivity contribution is 14.0. The third-order valence-electron chi connectivity index (χ3n) is 4.47. The highest BCUT2D eigenvalue weighted by Gasteiger charge is 2.15. The molecule has 0 spiro atoms. The number of nitrogens with one attached hydrogen (secondary N) is 2. The Kier molecular flexibility index (Phi) is 8.64. The molecule has 1 unspecified atom stereocenters. The minimum Gasteiger partial charge on any atom is -0.356 e. The Bertz CT molecular complexity index is 682. The summed E-state index contributed by atoms with van der Waals surface area (Å²) >= 11 is 1.76. The number of aliphatic imine (C=N–C) groups is 1. The Hall–Kier alpha value is -1.35. The number of hydrogen-bond donors (Lipinski definition) is 2. The van der Waals surface area contributed by atoms with E-state index in [0.29, 0.717) is 0 Å². The number of thiazole rings is 1. The summed E-state index contributed by atoms with van der Waals surface area (Å²) in [6.07, 6.45) is 3.49. The molecule has 2 heterocycles. The van der Waals surface area contributed by atoms with E-state index in [0.717, 1.165) is 37.7 Å². The van der Waals surface area contributed by atoms with Crippen LogP contribution >= 0.6 is 35.3 Å². The first-order chi connectivity index (χ1) is 12.3. The first-order valence-electron chi connectivity index (χ1n) is 8.98. The van der Waals surface area contributed by atoms with Gasteiger partial charge in [0.15, 0.2) is 11.1 Å². The van der Waals surface area contributed by atoms with Crippen molar-refractivity contribution in [3.63, 3.8) is 0 Å². The molecule has 1 saturated heterocycles. The second-order valence-electron chi connectivity index (χ2n) is 6.34. The van der Waals surface area contributed by atoms with Crippen LogP contribution in [0.1, 0.15) is 37.1 Å². The number of halogens is 1. The average Bonchev–Trinajstić information content (AvgIpc) is 3.33. The smallest absolute Gasteiger partial charge is 0.191 e. The molecule has 26 heavy (non-hydrogen) atoms. The topological polar surface area (TPSA) is 52.6 Å². The summed E-state index contributed by atoms with van der Waals surface area (Å²) in [5, 5.41) is 10.2. The maximum Gasteiger partial charge on any atom is 0.191 e. The first kappa shape index (κ1) is 21.0. The number of rotatable bonds is 6. The Morgan fingerprint density at radius 1 is 1.27 bits per heavy atom. The second kappa shape index (κ2) is 10.7. The highest BCUT2D eigenvalue weighted by Crippen LogP contribution is 2.24. The lowest BCUT2D eigenvalue weighted by Crippen LogP contribution is -2.39. The van der Waals surface area contributed by atoms with Crippen molar-refractivity contribution in [2.24, 2.45) is 4.99 Å². The Labute approximate surface area is 177 Å². The van der Waals surface area contributed by atoms with Gasteiger partial charge in [-0.25, -0.2) is 4.98 Å². The van der Waals surface area contributed by atoms with Crippen molar-refractivity contribution in [1.29, 1.82) is 0 Å². The van der Waals surface area contributed by atoms with Gasteiger partial charge in [-0.3, -0.25) is 4.99 Å². The van der Waals surface area contributed by atoms with E-state index >= 15 is 0 Å². The number of hydrogen-bond acceptors (Lipinski definition) is 4. The zero-order valence-corrected chi connectivity index (χ0v) is 18.6. The van der Waals surface area contributed by atoms with Crippen molar-refractivity contribution in [3.8, 4) is 0 Å². The maximum atomic E-state index is 4.77. The monoisotopic (exact) mass is 485 g/mol. The van der Waals surface area contributed by atoms with E-state index < -0.39 is 0 Å². The molecule has 0 aliphatic carbocycles. The van der Waals surface area contributed by atoms with E-state index in [-0.39, 0.29) is 30.0 Å². The summed E-state index contributed by atoms with van der Waals surface area (Å²) in [5.74, 6) is 0.825. The van der Waals surface area contributed by atoms with Crippen LogP contribution < -0.4 is 15.5 Å². The predicted molar refractivity (Wildman–Crippen MR) is 122 cm³/mol. The van der Waals surface area contributed by atoms with Crippen LogP contribution in [-0.4, -0.2) is 37.6 Å². The summed E-state index contributed by atoms with van der Waals surface area (Å²) in [5.41, 5.74) is 2.41. The van der Waals surface area contributed by atoms with Crippen LogP contribution in [0.3, 0.4) is 0 Å². The summed E-state index contributed by atoms with van der Waals surface area (Å²) < 4.78 is 0. The molecule has 0 radical (unpaired) electrons. The van der Waals surface area contributed by atoms with Crippen molar-refractivity contribution >= 4 is 46.4 Å². The van der Waals surface area contributed by atoms with Crippen LogP contribution in [0.15, 0.2) is 40.7 Å². The molecule has 0 saturated carbocycles. The number of benzene rings is 1. The van der Waals surface area contributed by atoms with E-state index in [9.17, 15) is 0 Å². The van der Waals surface area contributed by atoms with Gasteiger partial charge >= 0.3 is 0 Å². The summed E-state index contributed by atoms with van der Waals surface area (Å²) in [6, 6.07) is 10.6. The lowest BCUT2D eigenvalue weighted by Gasteiger charge is -2.18. The van der Waals surface area contributed by atoms with Gasteiger partial charge in [0.2, 0.25) is 0 Å². The van der Waals surface area contributed by atoms with Crippen LogP contribution in [0.25, 0.3) is 0 Å². The van der Waals surface area contributed by atoms with Crippen LogP contribution in [0, 0.1) is 0 Å². The summed E-state index contributed by atoms with van der Waals surface area (Å²) in [4.78, 5) is 11.5. The van der Waals surface area contributed by atoms with Gasteiger partial charge in [0.05, 0.1) is 11.7 Å². The Balaban J connectivity index is 0.00000243. The van der Waals surface area contributed by atoms with E-state index in [1.807, 2.05) is 6.07 Å². The van der Waals surface area contributed by atoms with E-state index in [1.165, 1.54) is 23.5 Å². The van der Waals surface area contributed by atoms with E-state index in [1.54, 1.807) is 18.4 Å². The second-order valence-corrected chi connectivity index (χ2v) is 7.18. The molecule has 2 aromatic rings. The first-order valence-corrected chi connectivity index (χ1v) is 9.85. The van der Waals surface area contributed by atoms with Gasteiger partial charge in [0, 0.05) is 38.5 Å². The lowest BCUT2D eigenvalue weighted by molar-refractivity contribution is 0.683. The van der Waals surface area contributed by atoms with Crippen LogP contribution in [0.5, 0.6) is 0 Å². The number of guanidine groups is 1. The fourth-order valence-corrected chi connectivity index (χ4v) is 3.91. The SMILES string of the molecule is CN=C(NCCc1csc(N2CCCC2)n1)NC(C)c1ccccc1.I. The molecule has 3 rings (SSSR count). The zero-order chi connectivity index (χ0) is 17.5. The van der Waals surface area contributed by atoms with Crippen LogP contribution in [0.4, 0.5) is 5.13 Å². The molecule has 2 N–H and O–H groups in total. The molecule has 1 aromatic carbocycles. The van der Waals surface area contributed by atoms with Crippen molar-refractivity contribution in [3.05, 3.63) is 47.0 Å². The molecule has 142 valence electrons. The molecular weight excluding hydrogens is 457 g/mol. The largest absolute Gasteiger partial charge is 0.356 e. The molecule has 1 atom stereocenters. The third-order valence-corrected chi connectivity index (χ3v) is 5.42. The molecule has 0 amide bonds. The lowest BCUT2D eigenvalue weighted by atomic mass is 10.1. The quantitative estimate of drug-likeness (QED) is 0.371. The molecule has 0 bridgehead atoms. The fourth-order valence-electron chi connectivity index (χ4n) is 3.00. The van der Waals surface area contributed by atoms with Crippen molar-refractivity contribution < 1.29 is 0 Å². The minimum absolute atomic E-state index is 0. The molecule has 5 nitrogen and oxygen atoms in total. The molecular formula is C19H28IN5S. The van der Waals surface area contributed by atoms with Gasteiger partial charge in [-0.05, 0) is 25.3 Å². The van der Waals surface area contributed by atoms with Gasteiger partial charge in [0.25, 0.3) is 0 Å². The fraction of sp³-hybridized carbons (Fsp3) is 0.474. The van der Waals surface area contributed by atoms with Gasteiger partial charge in [-0.1, -0.05) is 30.3 Å². The van der Waals surface area contributed by atoms with Crippen LogP contribution in [0.2, 0.25) is 0 Å². The predicted octanol–water partition coefficient (Wildman–Crippen LogP) is 3.83. The third kappa shape index (κ3) is 5.84. The number of aromatic nitrogens is 1. The molecule has 1 aromatic heterocycles. The number of anilines is 1. The van der Waals surface area contributed by atoms with Gasteiger partial charge < -0.3 is 15.5 Å². The van der Waals surface area contributed by atoms with Gasteiger partial charge in [-0.15, -0.1) is 35.3 Å². The van der Waals surface area contributed by atoms with Crippen molar-refractivity contribution in [2.75, 3.05) is 31.6 Å². The Morgan fingerprint density at radius 3 is 2.69 bits per heavy atom. The highest BCUT2D eigenvalue weighted by atomic mass is 127.